The molecule has 0 spiro atoms. The highest BCUT2D eigenvalue weighted by molar-refractivity contribution is 8.77. The van der Waals surface area contributed by atoms with E-state index < -0.39 is 7.82 Å². The molecule has 0 aliphatic carbocycles. The van der Waals surface area contributed by atoms with Crippen molar-refractivity contribution < 1.29 is 41.9 Å². The molecule has 0 saturated carbocycles. The van der Waals surface area contributed by atoms with Crippen molar-refractivity contribution in [3.63, 3.8) is 0 Å². The number of phosphoric acid groups is 1. The Hall–Kier alpha value is 0.120. The molecule has 1 N–H and O–H groups in total. The molecule has 0 aliphatic rings. The Morgan fingerprint density at radius 1 is 0.853 bits per heavy atom. The molecule has 0 atom stereocenters. The monoisotopic (exact) mass is 549 g/mol. The molecule has 0 aromatic heterocycles. The maximum Gasteiger partial charge on any atom is 0.474 e. The standard InChI is InChI=1S/C21H44NO9PS2/c1-21(2,34-33-19-7-6-11-31-32(24,26-4)27-5)9-8-20(23)22-10-12-28-15-16-30-18-17-29-14-13-25-3/h6-19H2,1-5H3,(H,22,23). The molecule has 0 unspecified atom stereocenters. The van der Waals surface area contributed by atoms with Crippen molar-refractivity contribution >= 4 is 35.3 Å². The smallest absolute Gasteiger partial charge is 0.382 e. The van der Waals surface area contributed by atoms with Gasteiger partial charge in [0, 0.05) is 44.8 Å². The lowest BCUT2D eigenvalue weighted by atomic mass is 10.1. The van der Waals surface area contributed by atoms with E-state index in [0.29, 0.717) is 65.8 Å². The number of nitrogens with one attached hydrogen (secondary N) is 1. The Morgan fingerprint density at radius 2 is 1.44 bits per heavy atom. The number of amides is 1. The summed E-state index contributed by atoms with van der Waals surface area (Å²) in [5, 5.41) is 2.89. The topological polar surface area (TPSA) is 111 Å². The zero-order valence-electron chi connectivity index (χ0n) is 21.3. The molecule has 0 fully saturated rings. The molecule has 0 saturated heterocycles. The van der Waals surface area contributed by atoms with Crippen molar-refractivity contribution in [1.29, 1.82) is 0 Å². The SMILES string of the molecule is COCCOCCOCCOCCNC(=O)CCC(C)(C)SSCCCCOP(=O)(OC)OC. The van der Waals surface area contributed by atoms with Gasteiger partial charge in [-0.1, -0.05) is 21.6 Å². The van der Waals surface area contributed by atoms with E-state index in [4.69, 9.17) is 32.5 Å². The summed E-state index contributed by atoms with van der Waals surface area (Å²) < 4.78 is 47.4. The lowest BCUT2D eigenvalue weighted by Crippen LogP contribution is -2.29. The third-order valence-corrected chi connectivity index (χ3v) is 9.13. The molecule has 0 heterocycles. The summed E-state index contributed by atoms with van der Waals surface area (Å²) in [6.07, 6.45) is 2.95. The molecular weight excluding hydrogens is 505 g/mol. The number of phosphoric ester groups is 1. The number of unbranched alkanes of at least 4 members (excludes halogenated alkanes) is 1. The molecule has 0 aliphatic heterocycles. The van der Waals surface area contributed by atoms with Gasteiger partial charge in [-0.3, -0.25) is 18.4 Å². The summed E-state index contributed by atoms with van der Waals surface area (Å²) in [7, 11) is 4.41. The van der Waals surface area contributed by atoms with Crippen molar-refractivity contribution in [2.75, 3.05) is 86.5 Å². The van der Waals surface area contributed by atoms with Gasteiger partial charge in [0.15, 0.2) is 0 Å². The van der Waals surface area contributed by atoms with E-state index in [-0.39, 0.29) is 10.7 Å². The van der Waals surface area contributed by atoms with E-state index in [0.717, 1.165) is 25.0 Å². The van der Waals surface area contributed by atoms with Crippen LogP contribution in [0.1, 0.15) is 39.5 Å². The summed E-state index contributed by atoms with van der Waals surface area (Å²) in [5.41, 5.74) is 0. The van der Waals surface area contributed by atoms with Crippen molar-refractivity contribution in [1.82, 2.24) is 5.32 Å². The van der Waals surface area contributed by atoms with E-state index >= 15 is 0 Å². The van der Waals surface area contributed by atoms with Gasteiger partial charge in [-0.15, -0.1) is 0 Å². The minimum atomic E-state index is -3.38. The summed E-state index contributed by atoms with van der Waals surface area (Å²) in [5.74, 6) is 0.972. The first kappa shape index (κ1) is 34.1. The minimum Gasteiger partial charge on any atom is -0.382 e. The summed E-state index contributed by atoms with van der Waals surface area (Å²) in [6, 6.07) is 0. The zero-order chi connectivity index (χ0) is 25.5. The van der Waals surface area contributed by atoms with Crippen LogP contribution in [0.3, 0.4) is 0 Å². The largest absolute Gasteiger partial charge is 0.474 e. The summed E-state index contributed by atoms with van der Waals surface area (Å²) in [6.45, 7) is 8.75. The average Bonchev–Trinajstić information content (AvgIpc) is 2.82. The fraction of sp³-hybridized carbons (Fsp3) is 0.952. The Labute approximate surface area is 213 Å². The summed E-state index contributed by atoms with van der Waals surface area (Å²) >= 11 is 0. The first-order valence-corrected chi connectivity index (χ1v) is 15.2. The van der Waals surface area contributed by atoms with Crippen LogP contribution in [0.5, 0.6) is 0 Å². The van der Waals surface area contributed by atoms with Crippen molar-refractivity contribution in [3.05, 3.63) is 0 Å². The molecule has 34 heavy (non-hydrogen) atoms. The van der Waals surface area contributed by atoms with Gasteiger partial charge in [0.05, 0.1) is 52.9 Å². The lowest BCUT2D eigenvalue weighted by Gasteiger charge is -2.22. The normalized spacial score (nSPS) is 12.3. The lowest BCUT2D eigenvalue weighted by molar-refractivity contribution is -0.121. The maximum atomic E-state index is 12.1. The molecule has 10 nitrogen and oxygen atoms in total. The van der Waals surface area contributed by atoms with Gasteiger partial charge >= 0.3 is 7.82 Å². The van der Waals surface area contributed by atoms with Gasteiger partial charge in [0.25, 0.3) is 0 Å². The Balaban J connectivity index is 3.57. The first-order chi connectivity index (χ1) is 16.3. The molecule has 0 rings (SSSR count). The second kappa shape index (κ2) is 22.3. The second-order valence-corrected chi connectivity index (χ2v) is 12.7. The molecular formula is C21H44NO9PS2. The van der Waals surface area contributed by atoms with Gasteiger partial charge in [0.2, 0.25) is 5.91 Å². The third-order valence-electron chi connectivity index (χ3n) is 4.30. The van der Waals surface area contributed by atoms with Crippen LogP contribution in [-0.4, -0.2) is 97.1 Å². The molecule has 0 bridgehead atoms. The van der Waals surface area contributed by atoms with Crippen LogP contribution in [0.15, 0.2) is 0 Å². The van der Waals surface area contributed by atoms with Crippen molar-refractivity contribution in [2.45, 2.75) is 44.3 Å². The third kappa shape index (κ3) is 21.4. The van der Waals surface area contributed by atoms with Gasteiger partial charge in [-0.05, 0) is 33.1 Å². The fourth-order valence-corrected chi connectivity index (χ4v) is 5.74. The predicted octanol–water partition coefficient (Wildman–Crippen LogP) is 3.94. The second-order valence-electron chi connectivity index (χ2n) is 7.70. The van der Waals surface area contributed by atoms with Crippen molar-refractivity contribution in [2.24, 2.45) is 0 Å². The van der Waals surface area contributed by atoms with E-state index in [1.807, 2.05) is 0 Å². The summed E-state index contributed by atoms with van der Waals surface area (Å²) in [4.78, 5) is 12.1. The van der Waals surface area contributed by atoms with E-state index in [9.17, 15) is 9.36 Å². The number of carbonyl (C=O) groups is 1. The first-order valence-electron chi connectivity index (χ1n) is 11.4. The predicted molar refractivity (Wildman–Crippen MR) is 138 cm³/mol. The molecule has 0 radical (unpaired) electrons. The quantitative estimate of drug-likeness (QED) is 0.102. The van der Waals surface area contributed by atoms with Gasteiger partial charge in [-0.2, -0.15) is 0 Å². The van der Waals surface area contributed by atoms with Crippen molar-refractivity contribution in [3.8, 4) is 0 Å². The zero-order valence-corrected chi connectivity index (χ0v) is 23.9. The van der Waals surface area contributed by atoms with Crippen LogP contribution in [0, 0.1) is 0 Å². The highest BCUT2D eigenvalue weighted by atomic mass is 33.1. The Kier molecular flexibility index (Phi) is 22.4. The van der Waals surface area contributed by atoms with Crippen LogP contribution < -0.4 is 5.32 Å². The van der Waals surface area contributed by atoms with Crippen LogP contribution in [0.2, 0.25) is 0 Å². The Morgan fingerprint density at radius 3 is 2.03 bits per heavy atom. The number of carbonyl (C=O) groups excluding carboxylic acids is 1. The highest BCUT2D eigenvalue weighted by Gasteiger charge is 2.22. The van der Waals surface area contributed by atoms with Crippen LogP contribution in [-0.2, 0) is 41.9 Å². The van der Waals surface area contributed by atoms with E-state index in [1.54, 1.807) is 28.7 Å². The molecule has 13 heteroatoms. The van der Waals surface area contributed by atoms with Gasteiger partial charge in [0.1, 0.15) is 0 Å². The Bertz CT molecular complexity index is 536. The van der Waals surface area contributed by atoms with Crippen LogP contribution >= 0.6 is 29.4 Å². The molecule has 204 valence electrons. The van der Waals surface area contributed by atoms with E-state index in [2.05, 4.69) is 19.2 Å². The number of methoxy groups -OCH3 is 1. The average molecular weight is 550 g/mol. The number of hydrogen-bond acceptors (Lipinski definition) is 11. The van der Waals surface area contributed by atoms with Crippen LogP contribution in [0.25, 0.3) is 0 Å². The number of ether oxygens (including phenoxy) is 4. The number of rotatable bonds is 25. The fourth-order valence-electron chi connectivity index (χ4n) is 2.31. The molecule has 0 aromatic carbocycles. The molecule has 1 amide bonds. The van der Waals surface area contributed by atoms with Crippen LogP contribution in [0.4, 0.5) is 0 Å². The highest BCUT2D eigenvalue weighted by Crippen LogP contribution is 2.47. The number of hydrogen-bond donors (Lipinski definition) is 1. The van der Waals surface area contributed by atoms with E-state index in [1.165, 1.54) is 14.2 Å². The van der Waals surface area contributed by atoms with Gasteiger partial charge in [-0.25, -0.2) is 4.57 Å². The minimum absolute atomic E-state index is 0.0125. The van der Waals surface area contributed by atoms with Gasteiger partial charge < -0.3 is 24.3 Å². The maximum absolute atomic E-state index is 12.1. The molecule has 0 aromatic rings.